The molecule has 0 fully saturated rings. The molecule has 0 saturated carbocycles. The summed E-state index contributed by atoms with van der Waals surface area (Å²) in [7, 11) is 1.61. The quantitative estimate of drug-likeness (QED) is 0.529. The molecule has 5 nitrogen and oxygen atoms in total. The van der Waals surface area contributed by atoms with Gasteiger partial charge in [0.05, 0.1) is 4.92 Å². The summed E-state index contributed by atoms with van der Waals surface area (Å²) >= 11 is 0. The van der Waals surface area contributed by atoms with Crippen molar-refractivity contribution < 1.29 is 14.1 Å². The number of nitrogens with zero attached hydrogens (tertiary/aromatic N) is 1. The molecule has 0 aliphatic heterocycles. The van der Waals surface area contributed by atoms with Crippen LogP contribution in [0.25, 0.3) is 11.0 Å². The average molecular weight is 297 g/mol. The highest BCUT2D eigenvalue weighted by molar-refractivity contribution is 5.80. The highest BCUT2D eigenvalue weighted by atomic mass is 16.6. The monoisotopic (exact) mass is 297 g/mol. The number of benzene rings is 2. The lowest BCUT2D eigenvalue weighted by atomic mass is 10.1. The summed E-state index contributed by atoms with van der Waals surface area (Å²) in [5.41, 5.74) is 2.79. The van der Waals surface area contributed by atoms with E-state index in [0.717, 1.165) is 5.56 Å². The van der Waals surface area contributed by atoms with Crippen molar-refractivity contribution in [1.29, 1.82) is 0 Å². The standard InChI is InChI=1S/C17H15NO4/c1-11-3-5-12(6-4-11)17(21-2)16-10-13-9-14(18(19)20)7-8-15(13)22-16/h3-10,17H,1-2H3. The Kier molecular flexibility index (Phi) is 3.65. The van der Waals surface area contributed by atoms with Gasteiger partial charge in [-0.2, -0.15) is 0 Å². The first-order valence-electron chi connectivity index (χ1n) is 6.86. The Morgan fingerprint density at radius 3 is 2.50 bits per heavy atom. The molecule has 1 aromatic heterocycles. The highest BCUT2D eigenvalue weighted by Crippen LogP contribution is 2.32. The average Bonchev–Trinajstić information content (AvgIpc) is 2.92. The minimum Gasteiger partial charge on any atom is -0.458 e. The van der Waals surface area contributed by atoms with E-state index in [1.54, 1.807) is 19.2 Å². The van der Waals surface area contributed by atoms with Gasteiger partial charge in [-0.3, -0.25) is 10.1 Å². The first-order valence-corrected chi connectivity index (χ1v) is 6.86. The van der Waals surface area contributed by atoms with Gasteiger partial charge in [0, 0.05) is 24.6 Å². The molecule has 112 valence electrons. The summed E-state index contributed by atoms with van der Waals surface area (Å²) in [6, 6.07) is 14.3. The van der Waals surface area contributed by atoms with Crippen molar-refractivity contribution in [3.8, 4) is 0 Å². The number of furan rings is 1. The molecule has 1 atom stereocenters. The molecule has 0 N–H and O–H groups in total. The van der Waals surface area contributed by atoms with E-state index >= 15 is 0 Å². The number of nitro groups is 1. The fourth-order valence-electron chi connectivity index (χ4n) is 2.45. The fourth-order valence-corrected chi connectivity index (χ4v) is 2.45. The van der Waals surface area contributed by atoms with Crippen molar-refractivity contribution in [2.24, 2.45) is 0 Å². The molecule has 3 rings (SSSR count). The molecule has 0 radical (unpaired) electrons. The third kappa shape index (κ3) is 2.58. The Morgan fingerprint density at radius 2 is 1.86 bits per heavy atom. The second kappa shape index (κ2) is 5.61. The largest absolute Gasteiger partial charge is 0.458 e. The maximum atomic E-state index is 10.8. The minimum atomic E-state index is -0.417. The number of hydrogen-bond acceptors (Lipinski definition) is 4. The number of rotatable bonds is 4. The van der Waals surface area contributed by atoms with Crippen molar-refractivity contribution >= 4 is 16.7 Å². The van der Waals surface area contributed by atoms with E-state index in [0.29, 0.717) is 16.7 Å². The van der Waals surface area contributed by atoms with Crippen LogP contribution in [-0.2, 0) is 4.74 Å². The summed E-state index contributed by atoms with van der Waals surface area (Å²) < 4.78 is 11.3. The topological polar surface area (TPSA) is 65.5 Å². The van der Waals surface area contributed by atoms with Gasteiger partial charge in [-0.25, -0.2) is 0 Å². The minimum absolute atomic E-state index is 0.0455. The molecule has 0 spiro atoms. The first-order chi connectivity index (χ1) is 10.6. The molecule has 0 saturated heterocycles. The van der Waals surface area contributed by atoms with Gasteiger partial charge in [-0.05, 0) is 24.6 Å². The SMILES string of the molecule is COC(c1ccc(C)cc1)c1cc2cc([N+](=O)[O-])ccc2o1. The highest BCUT2D eigenvalue weighted by Gasteiger charge is 2.19. The van der Waals surface area contributed by atoms with Gasteiger partial charge in [0.15, 0.2) is 0 Å². The van der Waals surface area contributed by atoms with Crippen LogP contribution < -0.4 is 0 Å². The molecule has 5 heteroatoms. The molecule has 0 bridgehead atoms. The van der Waals surface area contributed by atoms with Crippen LogP contribution in [0.4, 0.5) is 5.69 Å². The van der Waals surface area contributed by atoms with E-state index < -0.39 is 4.92 Å². The second-order valence-corrected chi connectivity index (χ2v) is 5.15. The van der Waals surface area contributed by atoms with Gasteiger partial charge in [0.25, 0.3) is 5.69 Å². The Balaban J connectivity index is 2.03. The second-order valence-electron chi connectivity index (χ2n) is 5.15. The van der Waals surface area contributed by atoms with Crippen LogP contribution in [0.1, 0.15) is 23.0 Å². The number of nitro benzene ring substituents is 1. The molecular weight excluding hydrogens is 282 g/mol. The molecule has 0 aliphatic carbocycles. The van der Waals surface area contributed by atoms with Gasteiger partial charge in [0.1, 0.15) is 17.4 Å². The van der Waals surface area contributed by atoms with Crippen molar-refractivity contribution in [3.05, 3.63) is 75.5 Å². The lowest BCUT2D eigenvalue weighted by Gasteiger charge is -2.13. The zero-order chi connectivity index (χ0) is 15.7. The van der Waals surface area contributed by atoms with Crippen molar-refractivity contribution in [1.82, 2.24) is 0 Å². The fraction of sp³-hybridized carbons (Fsp3) is 0.176. The molecule has 22 heavy (non-hydrogen) atoms. The summed E-state index contributed by atoms with van der Waals surface area (Å²) in [4.78, 5) is 10.4. The number of hydrogen-bond donors (Lipinski definition) is 0. The van der Waals surface area contributed by atoms with E-state index in [2.05, 4.69) is 0 Å². The summed E-state index contributed by atoms with van der Waals surface area (Å²) in [5, 5.41) is 11.5. The number of methoxy groups -OCH3 is 1. The van der Waals surface area contributed by atoms with E-state index in [9.17, 15) is 10.1 Å². The van der Waals surface area contributed by atoms with Gasteiger partial charge < -0.3 is 9.15 Å². The van der Waals surface area contributed by atoms with Gasteiger partial charge in [-0.15, -0.1) is 0 Å². The van der Waals surface area contributed by atoms with E-state index in [4.69, 9.17) is 9.15 Å². The maximum absolute atomic E-state index is 10.8. The molecule has 0 amide bonds. The number of fused-ring (bicyclic) bond motifs is 1. The third-order valence-electron chi connectivity index (χ3n) is 3.60. The molecule has 0 aliphatic rings. The maximum Gasteiger partial charge on any atom is 0.270 e. The van der Waals surface area contributed by atoms with Crippen molar-refractivity contribution in [2.45, 2.75) is 13.0 Å². The molecule has 1 heterocycles. The van der Waals surface area contributed by atoms with E-state index in [-0.39, 0.29) is 11.8 Å². The van der Waals surface area contributed by atoms with Crippen LogP contribution in [-0.4, -0.2) is 12.0 Å². The van der Waals surface area contributed by atoms with Crippen LogP contribution >= 0.6 is 0 Å². The molecule has 1 unspecified atom stereocenters. The lowest BCUT2D eigenvalue weighted by molar-refractivity contribution is -0.384. The van der Waals surface area contributed by atoms with E-state index in [1.165, 1.54) is 17.7 Å². The summed E-state index contributed by atoms with van der Waals surface area (Å²) in [6.07, 6.45) is -0.341. The molecule has 2 aromatic carbocycles. The van der Waals surface area contributed by atoms with Crippen molar-refractivity contribution in [2.75, 3.05) is 7.11 Å². The normalized spacial score (nSPS) is 12.5. The number of non-ortho nitro benzene ring substituents is 1. The Hall–Kier alpha value is -2.66. The van der Waals surface area contributed by atoms with Crippen LogP contribution in [0.2, 0.25) is 0 Å². The van der Waals surface area contributed by atoms with Gasteiger partial charge in [0.2, 0.25) is 0 Å². The summed E-state index contributed by atoms with van der Waals surface area (Å²) in [5.74, 6) is 0.627. The Morgan fingerprint density at radius 1 is 1.14 bits per heavy atom. The third-order valence-corrected chi connectivity index (χ3v) is 3.60. The molecule has 3 aromatic rings. The van der Waals surface area contributed by atoms with Crippen LogP contribution in [0.3, 0.4) is 0 Å². The molecular formula is C17H15NO4. The lowest BCUT2D eigenvalue weighted by Crippen LogP contribution is -2.01. The summed E-state index contributed by atoms with van der Waals surface area (Å²) in [6.45, 7) is 2.02. The number of aryl methyl sites for hydroxylation is 1. The Bertz CT molecular complexity index is 820. The van der Waals surface area contributed by atoms with E-state index in [1.807, 2.05) is 31.2 Å². The zero-order valence-electron chi connectivity index (χ0n) is 12.3. The van der Waals surface area contributed by atoms with Gasteiger partial charge in [-0.1, -0.05) is 29.8 Å². The number of ether oxygens (including phenoxy) is 1. The van der Waals surface area contributed by atoms with Crippen molar-refractivity contribution in [3.63, 3.8) is 0 Å². The van der Waals surface area contributed by atoms with Crippen LogP contribution in [0.15, 0.2) is 52.9 Å². The first kappa shape index (κ1) is 14.3. The van der Waals surface area contributed by atoms with Crippen LogP contribution in [0, 0.1) is 17.0 Å². The predicted molar refractivity (Wildman–Crippen MR) is 82.9 cm³/mol. The predicted octanol–water partition coefficient (Wildman–Crippen LogP) is 4.39. The Labute approximate surface area is 127 Å². The zero-order valence-corrected chi connectivity index (χ0v) is 12.3. The van der Waals surface area contributed by atoms with Crippen LogP contribution in [0.5, 0.6) is 0 Å². The smallest absolute Gasteiger partial charge is 0.270 e. The van der Waals surface area contributed by atoms with Gasteiger partial charge >= 0.3 is 0 Å².